The number of amides is 1. The summed E-state index contributed by atoms with van der Waals surface area (Å²) in [7, 11) is -3.90. The van der Waals surface area contributed by atoms with Crippen LogP contribution in [0.3, 0.4) is 0 Å². The average molecular weight is 560 g/mol. The van der Waals surface area contributed by atoms with Crippen molar-refractivity contribution in [1.82, 2.24) is 5.32 Å². The maximum Gasteiger partial charge on any atom is 0.416 e. The van der Waals surface area contributed by atoms with Gasteiger partial charge in [-0.15, -0.1) is 0 Å². The predicted molar refractivity (Wildman–Crippen MR) is 133 cm³/mol. The van der Waals surface area contributed by atoms with Crippen LogP contribution < -0.4 is 10.3 Å². The first-order valence-corrected chi connectivity index (χ1v) is 13.6. The molecule has 0 saturated heterocycles. The van der Waals surface area contributed by atoms with Crippen LogP contribution in [-0.2, 0) is 20.8 Å². The topological polar surface area (TPSA) is 78.8 Å². The number of alkyl halides is 3. The van der Waals surface area contributed by atoms with Gasteiger partial charge in [-0.2, -0.15) is 18.3 Å². The van der Waals surface area contributed by atoms with E-state index in [1.165, 1.54) is 29.3 Å². The molecule has 4 rings (SSSR count). The van der Waals surface area contributed by atoms with Crippen molar-refractivity contribution in [3.05, 3.63) is 59.9 Å². The van der Waals surface area contributed by atoms with Crippen LogP contribution in [-0.4, -0.2) is 37.8 Å². The summed E-state index contributed by atoms with van der Waals surface area (Å²) in [6, 6.07) is 9.06. The fourth-order valence-corrected chi connectivity index (χ4v) is 7.36. The zero-order valence-corrected chi connectivity index (χ0v) is 21.7. The van der Waals surface area contributed by atoms with Gasteiger partial charge in [0.05, 0.1) is 38.8 Å². The van der Waals surface area contributed by atoms with Crippen LogP contribution in [0.1, 0.15) is 38.7 Å². The van der Waals surface area contributed by atoms with Gasteiger partial charge in [0, 0.05) is 6.54 Å². The number of carbonyl (C=O) groups excluding carboxylic acids is 1. The SMILES string of the molecule is CC1(CNC(=O)C2(C)CCCC2S(=O)(=O)c2ccc(F)cc2)CN(c2ccc(C(F)(F)F)cc2)N=C1Cl. The first-order chi connectivity index (χ1) is 17.2. The smallest absolute Gasteiger partial charge is 0.355 e. The lowest BCUT2D eigenvalue weighted by atomic mass is 9.86. The first-order valence-electron chi connectivity index (χ1n) is 11.6. The molecule has 37 heavy (non-hydrogen) atoms. The van der Waals surface area contributed by atoms with Crippen LogP contribution in [0, 0.1) is 16.6 Å². The Hall–Kier alpha value is -2.66. The number of rotatable bonds is 6. The molecule has 1 N–H and O–H groups in total. The van der Waals surface area contributed by atoms with Crippen LogP contribution in [0.2, 0.25) is 0 Å². The molecular formula is C25H26ClF4N3O3S. The second-order valence-corrected chi connectivity index (χ2v) is 12.5. The highest BCUT2D eigenvalue weighted by atomic mass is 35.5. The molecule has 12 heteroatoms. The average Bonchev–Trinajstić information content (AvgIpc) is 3.38. The number of anilines is 1. The number of benzene rings is 2. The second-order valence-electron chi connectivity index (χ2n) is 10.0. The molecule has 1 aliphatic heterocycles. The van der Waals surface area contributed by atoms with E-state index in [9.17, 15) is 30.8 Å². The largest absolute Gasteiger partial charge is 0.416 e. The van der Waals surface area contributed by atoms with Gasteiger partial charge in [-0.05, 0) is 75.2 Å². The van der Waals surface area contributed by atoms with Gasteiger partial charge in [0.25, 0.3) is 0 Å². The molecule has 2 aromatic rings. The molecule has 0 aromatic heterocycles. The van der Waals surface area contributed by atoms with Crippen LogP contribution in [0.5, 0.6) is 0 Å². The van der Waals surface area contributed by atoms with Gasteiger partial charge in [0.15, 0.2) is 9.84 Å². The zero-order chi connectivity index (χ0) is 27.2. The third-order valence-corrected chi connectivity index (χ3v) is 10.2. The molecule has 1 saturated carbocycles. The Morgan fingerprint density at radius 3 is 2.35 bits per heavy atom. The Morgan fingerprint density at radius 2 is 1.76 bits per heavy atom. The van der Waals surface area contributed by atoms with Crippen LogP contribution >= 0.6 is 11.6 Å². The Bertz CT molecular complexity index is 1320. The standard InChI is InChI=1S/C25H26ClF4N3O3S/c1-23(15-33(32-21(23)26)18-9-5-16(6-10-18)25(28,29)30)14-31-22(34)24(2)13-3-4-20(24)37(35,36)19-11-7-17(27)8-12-19/h5-12,20H,3-4,13-15H2,1-2H3,(H,31,34). The summed E-state index contributed by atoms with van der Waals surface area (Å²) in [5.74, 6) is -1.00. The predicted octanol–water partition coefficient (Wildman–Crippen LogP) is 5.37. The fraction of sp³-hybridized carbons (Fsp3) is 0.440. The number of hydrazone groups is 1. The van der Waals surface area contributed by atoms with Gasteiger partial charge in [0.2, 0.25) is 5.91 Å². The number of sulfone groups is 1. The minimum absolute atomic E-state index is 0.0371. The lowest BCUT2D eigenvalue weighted by Crippen LogP contribution is -2.50. The molecule has 1 amide bonds. The van der Waals surface area contributed by atoms with Crippen molar-refractivity contribution in [2.75, 3.05) is 18.1 Å². The monoisotopic (exact) mass is 559 g/mol. The molecule has 3 unspecified atom stereocenters. The molecule has 0 bridgehead atoms. The molecule has 1 aliphatic carbocycles. The quantitative estimate of drug-likeness (QED) is 0.381. The third-order valence-electron chi connectivity index (χ3n) is 7.25. The first kappa shape index (κ1) is 27.4. The summed E-state index contributed by atoms with van der Waals surface area (Å²) in [5, 5.41) is 7.75. The lowest BCUT2D eigenvalue weighted by molar-refractivity contribution is -0.137. The number of nitrogens with one attached hydrogen (secondary N) is 1. The van der Waals surface area contributed by atoms with Gasteiger partial charge < -0.3 is 5.32 Å². The van der Waals surface area contributed by atoms with Gasteiger partial charge in [0.1, 0.15) is 11.0 Å². The molecule has 2 aromatic carbocycles. The van der Waals surface area contributed by atoms with Gasteiger partial charge in [-0.25, -0.2) is 12.8 Å². The van der Waals surface area contributed by atoms with E-state index >= 15 is 0 Å². The number of nitrogens with zero attached hydrogens (tertiary/aromatic N) is 2. The van der Waals surface area contributed by atoms with Crippen molar-refractivity contribution >= 4 is 38.2 Å². The second kappa shape index (κ2) is 9.58. The highest BCUT2D eigenvalue weighted by molar-refractivity contribution is 7.92. The molecule has 2 aliphatic rings. The van der Waals surface area contributed by atoms with E-state index in [-0.39, 0.29) is 23.2 Å². The van der Waals surface area contributed by atoms with E-state index in [1.807, 2.05) is 0 Å². The summed E-state index contributed by atoms with van der Waals surface area (Å²) in [4.78, 5) is 13.3. The van der Waals surface area contributed by atoms with E-state index in [4.69, 9.17) is 11.6 Å². The fourth-order valence-electron chi connectivity index (χ4n) is 4.92. The highest BCUT2D eigenvalue weighted by Crippen LogP contribution is 2.45. The van der Waals surface area contributed by atoms with Gasteiger partial charge in [-0.3, -0.25) is 9.80 Å². The summed E-state index contributed by atoms with van der Waals surface area (Å²) >= 11 is 6.39. The number of carbonyl (C=O) groups is 1. The molecule has 1 heterocycles. The van der Waals surface area contributed by atoms with Crippen LogP contribution in [0.4, 0.5) is 23.2 Å². The molecular weight excluding hydrogens is 534 g/mol. The minimum Gasteiger partial charge on any atom is -0.355 e. The Balaban J connectivity index is 1.46. The maximum absolute atomic E-state index is 13.4. The van der Waals surface area contributed by atoms with E-state index in [2.05, 4.69) is 10.4 Å². The Labute approximate surface area is 217 Å². The normalized spacial score (nSPS) is 26.3. The summed E-state index contributed by atoms with van der Waals surface area (Å²) in [6.45, 7) is 3.62. The summed E-state index contributed by atoms with van der Waals surface area (Å²) in [5.41, 5.74) is -2.43. The third kappa shape index (κ3) is 5.20. The molecule has 1 fully saturated rings. The molecule has 0 spiro atoms. The number of hydrogen-bond donors (Lipinski definition) is 1. The van der Waals surface area contributed by atoms with E-state index < -0.39 is 49.4 Å². The maximum atomic E-state index is 13.4. The van der Waals surface area contributed by atoms with Crippen molar-refractivity contribution in [2.24, 2.45) is 15.9 Å². The van der Waals surface area contributed by atoms with Crippen molar-refractivity contribution in [2.45, 2.75) is 49.4 Å². The van der Waals surface area contributed by atoms with E-state index in [1.54, 1.807) is 13.8 Å². The molecule has 3 atom stereocenters. The van der Waals surface area contributed by atoms with Crippen LogP contribution in [0.15, 0.2) is 58.5 Å². The van der Waals surface area contributed by atoms with Crippen molar-refractivity contribution in [1.29, 1.82) is 0 Å². The Morgan fingerprint density at radius 1 is 1.14 bits per heavy atom. The molecule has 6 nitrogen and oxygen atoms in total. The van der Waals surface area contributed by atoms with Gasteiger partial charge in [-0.1, -0.05) is 18.0 Å². The number of halogens is 5. The van der Waals surface area contributed by atoms with E-state index in [0.29, 0.717) is 24.9 Å². The van der Waals surface area contributed by atoms with E-state index in [0.717, 1.165) is 24.3 Å². The van der Waals surface area contributed by atoms with Crippen LogP contribution in [0.25, 0.3) is 0 Å². The summed E-state index contributed by atoms with van der Waals surface area (Å²) in [6.07, 6.45) is -3.26. The molecule has 200 valence electrons. The van der Waals surface area contributed by atoms with Crippen molar-refractivity contribution in [3.63, 3.8) is 0 Å². The van der Waals surface area contributed by atoms with Crippen molar-refractivity contribution < 1.29 is 30.8 Å². The highest BCUT2D eigenvalue weighted by Gasteiger charge is 2.52. The Kier molecular flexibility index (Phi) is 7.09. The number of hydrogen-bond acceptors (Lipinski definition) is 5. The van der Waals surface area contributed by atoms with Gasteiger partial charge >= 0.3 is 6.18 Å². The summed E-state index contributed by atoms with van der Waals surface area (Å²) < 4.78 is 78.6. The van der Waals surface area contributed by atoms with Crippen molar-refractivity contribution in [3.8, 4) is 0 Å². The zero-order valence-electron chi connectivity index (χ0n) is 20.1. The molecule has 0 radical (unpaired) electrons. The minimum atomic E-state index is -4.46. The lowest BCUT2D eigenvalue weighted by Gasteiger charge is -2.32.